The van der Waals surface area contributed by atoms with Gasteiger partial charge < -0.3 is 4.74 Å². The van der Waals surface area contributed by atoms with Gasteiger partial charge in [0.15, 0.2) is 0 Å². The van der Waals surface area contributed by atoms with Crippen LogP contribution in [-0.4, -0.2) is 12.6 Å². The molecule has 2 nitrogen and oxygen atoms in total. The van der Waals surface area contributed by atoms with Crippen LogP contribution in [0.2, 0.25) is 15.1 Å². The third kappa shape index (κ3) is 3.13. The Morgan fingerprint density at radius 1 is 1.33 bits per heavy atom. The molecule has 1 rings (SSSR count). The second-order valence-corrected chi connectivity index (χ2v) is 3.88. The molecule has 0 heterocycles. The molecule has 0 unspecified atom stereocenters. The minimum Gasteiger partial charge on any atom is -0.458 e. The maximum atomic E-state index is 11.5. The van der Waals surface area contributed by atoms with Gasteiger partial charge in [-0.25, -0.2) is 4.79 Å². The van der Waals surface area contributed by atoms with E-state index in [0.717, 1.165) is 0 Å². The van der Waals surface area contributed by atoms with Gasteiger partial charge in [0.25, 0.3) is 0 Å². The summed E-state index contributed by atoms with van der Waals surface area (Å²) in [5, 5.41) is 0.702. The molecule has 0 fully saturated rings. The SMILES string of the molecule is C=CCOC(=O)c1c(Cl)cc(Cl)cc1Cl. The van der Waals surface area contributed by atoms with Gasteiger partial charge in [-0.3, -0.25) is 0 Å². The lowest BCUT2D eigenvalue weighted by atomic mass is 10.2. The van der Waals surface area contributed by atoms with E-state index in [1.165, 1.54) is 18.2 Å². The molecule has 15 heavy (non-hydrogen) atoms. The lowest BCUT2D eigenvalue weighted by molar-refractivity contribution is 0.0550. The fourth-order valence-electron chi connectivity index (χ4n) is 0.944. The Morgan fingerprint density at radius 2 is 1.87 bits per heavy atom. The molecule has 80 valence electrons. The average Bonchev–Trinajstić information content (AvgIpc) is 2.12. The van der Waals surface area contributed by atoms with Gasteiger partial charge in [-0.15, -0.1) is 0 Å². The fraction of sp³-hybridized carbons (Fsp3) is 0.100. The molecular weight excluding hydrogens is 258 g/mol. The van der Waals surface area contributed by atoms with Crippen LogP contribution in [0.5, 0.6) is 0 Å². The number of hydrogen-bond acceptors (Lipinski definition) is 2. The van der Waals surface area contributed by atoms with E-state index in [1.54, 1.807) is 0 Å². The smallest absolute Gasteiger partial charge is 0.341 e. The zero-order chi connectivity index (χ0) is 11.4. The molecule has 0 amide bonds. The minimum absolute atomic E-state index is 0.105. The van der Waals surface area contributed by atoms with E-state index >= 15 is 0 Å². The van der Waals surface area contributed by atoms with Crippen LogP contribution >= 0.6 is 34.8 Å². The molecule has 0 spiro atoms. The lowest BCUT2D eigenvalue weighted by Crippen LogP contribution is -2.06. The van der Waals surface area contributed by atoms with Crippen LogP contribution in [0.4, 0.5) is 0 Å². The lowest BCUT2D eigenvalue weighted by Gasteiger charge is -2.06. The fourth-order valence-corrected chi connectivity index (χ4v) is 1.92. The highest BCUT2D eigenvalue weighted by molar-refractivity contribution is 6.41. The zero-order valence-corrected chi connectivity index (χ0v) is 9.86. The molecule has 1 aromatic rings. The summed E-state index contributed by atoms with van der Waals surface area (Å²) in [5.74, 6) is -0.596. The maximum absolute atomic E-state index is 11.5. The number of rotatable bonds is 3. The van der Waals surface area contributed by atoms with Crippen molar-refractivity contribution in [2.75, 3.05) is 6.61 Å². The summed E-state index contributed by atoms with van der Waals surface area (Å²) in [6, 6.07) is 2.86. The Morgan fingerprint density at radius 3 is 2.33 bits per heavy atom. The molecule has 0 aliphatic carbocycles. The minimum atomic E-state index is -0.596. The summed E-state index contributed by atoms with van der Waals surface area (Å²) in [6.45, 7) is 3.53. The number of hydrogen-bond donors (Lipinski definition) is 0. The third-order valence-corrected chi connectivity index (χ3v) is 2.36. The first-order valence-corrected chi connectivity index (χ1v) is 5.12. The first kappa shape index (κ1) is 12.4. The van der Waals surface area contributed by atoms with E-state index in [2.05, 4.69) is 6.58 Å². The molecule has 5 heteroatoms. The van der Waals surface area contributed by atoms with Gasteiger partial charge >= 0.3 is 5.97 Å². The second kappa shape index (κ2) is 5.40. The van der Waals surface area contributed by atoms with Crippen molar-refractivity contribution in [1.29, 1.82) is 0 Å². The standard InChI is InChI=1S/C10H7Cl3O2/c1-2-3-15-10(14)9-7(12)4-6(11)5-8(9)13/h2,4-5H,1,3H2. The van der Waals surface area contributed by atoms with Crippen molar-refractivity contribution in [3.8, 4) is 0 Å². The molecule has 0 N–H and O–H groups in total. The van der Waals surface area contributed by atoms with Crippen LogP contribution in [-0.2, 0) is 4.74 Å². The highest BCUT2D eigenvalue weighted by atomic mass is 35.5. The Bertz CT molecular complexity index is 379. The monoisotopic (exact) mass is 264 g/mol. The Kier molecular flexibility index (Phi) is 4.45. The quantitative estimate of drug-likeness (QED) is 0.610. The second-order valence-electron chi connectivity index (χ2n) is 2.63. The first-order valence-electron chi connectivity index (χ1n) is 3.99. The Labute approximate surface area is 102 Å². The van der Waals surface area contributed by atoms with E-state index in [9.17, 15) is 4.79 Å². The molecule has 0 radical (unpaired) electrons. The molecule has 0 saturated heterocycles. The van der Waals surface area contributed by atoms with Crippen LogP contribution in [0.3, 0.4) is 0 Å². The summed E-state index contributed by atoms with van der Waals surface area (Å²) in [5.41, 5.74) is 0.115. The van der Waals surface area contributed by atoms with Gasteiger partial charge in [0.2, 0.25) is 0 Å². The van der Waals surface area contributed by atoms with Gasteiger partial charge in [-0.1, -0.05) is 47.5 Å². The number of carbonyl (C=O) groups excluding carboxylic acids is 1. The van der Waals surface area contributed by atoms with Gasteiger partial charge in [0.05, 0.1) is 15.6 Å². The summed E-state index contributed by atoms with van der Waals surface area (Å²) in [7, 11) is 0. The van der Waals surface area contributed by atoms with Crippen molar-refractivity contribution in [1.82, 2.24) is 0 Å². The molecule has 0 bridgehead atoms. The predicted molar refractivity (Wildman–Crippen MR) is 62.0 cm³/mol. The van der Waals surface area contributed by atoms with E-state index in [1.807, 2.05) is 0 Å². The van der Waals surface area contributed by atoms with E-state index < -0.39 is 5.97 Å². The van der Waals surface area contributed by atoms with Crippen molar-refractivity contribution in [3.63, 3.8) is 0 Å². The van der Waals surface area contributed by atoms with Crippen molar-refractivity contribution in [2.24, 2.45) is 0 Å². The van der Waals surface area contributed by atoms with Gasteiger partial charge in [0, 0.05) is 5.02 Å². The highest BCUT2D eigenvalue weighted by Crippen LogP contribution is 2.29. The Balaban J connectivity index is 3.03. The van der Waals surface area contributed by atoms with Crippen LogP contribution in [0.15, 0.2) is 24.8 Å². The van der Waals surface area contributed by atoms with Gasteiger partial charge in [-0.2, -0.15) is 0 Å². The zero-order valence-electron chi connectivity index (χ0n) is 7.60. The molecule has 0 aromatic heterocycles. The average molecular weight is 266 g/mol. The number of halogens is 3. The summed E-state index contributed by atoms with van der Waals surface area (Å²) < 4.78 is 4.81. The Hall–Kier alpha value is -0.700. The van der Waals surface area contributed by atoms with Crippen LogP contribution in [0.25, 0.3) is 0 Å². The normalized spacial score (nSPS) is 9.80. The number of esters is 1. The van der Waals surface area contributed by atoms with E-state index in [0.29, 0.717) is 5.02 Å². The number of carbonyl (C=O) groups is 1. The van der Waals surface area contributed by atoms with Gasteiger partial charge in [-0.05, 0) is 12.1 Å². The van der Waals surface area contributed by atoms with Crippen LogP contribution in [0, 0.1) is 0 Å². The molecule has 1 aromatic carbocycles. The maximum Gasteiger partial charge on any atom is 0.341 e. The third-order valence-electron chi connectivity index (χ3n) is 1.54. The number of ether oxygens (including phenoxy) is 1. The molecule has 0 aliphatic rings. The first-order chi connectivity index (χ1) is 7.06. The molecule has 0 atom stereocenters. The van der Waals surface area contributed by atoms with Crippen molar-refractivity contribution in [2.45, 2.75) is 0 Å². The van der Waals surface area contributed by atoms with Crippen molar-refractivity contribution in [3.05, 3.63) is 45.4 Å². The highest BCUT2D eigenvalue weighted by Gasteiger charge is 2.16. The topological polar surface area (TPSA) is 26.3 Å². The van der Waals surface area contributed by atoms with Gasteiger partial charge in [0.1, 0.15) is 6.61 Å². The van der Waals surface area contributed by atoms with Crippen molar-refractivity contribution >= 4 is 40.8 Å². The summed E-state index contributed by atoms with van der Waals surface area (Å²) >= 11 is 17.3. The van der Waals surface area contributed by atoms with Crippen LogP contribution in [0.1, 0.15) is 10.4 Å². The summed E-state index contributed by atoms with van der Waals surface area (Å²) in [4.78, 5) is 11.5. The molecule has 0 aliphatic heterocycles. The van der Waals surface area contributed by atoms with Crippen LogP contribution < -0.4 is 0 Å². The van der Waals surface area contributed by atoms with E-state index in [4.69, 9.17) is 39.5 Å². The predicted octanol–water partition coefficient (Wildman–Crippen LogP) is 3.99. The van der Waals surface area contributed by atoms with Crippen molar-refractivity contribution < 1.29 is 9.53 Å². The molecule has 0 saturated carbocycles. The number of benzene rings is 1. The van der Waals surface area contributed by atoms with E-state index in [-0.39, 0.29) is 22.2 Å². The summed E-state index contributed by atoms with van der Waals surface area (Å²) in [6.07, 6.45) is 1.45. The largest absolute Gasteiger partial charge is 0.458 e. The molecular formula is C10H7Cl3O2.